The molecule has 2 aromatic rings. The largest absolute Gasteiger partial charge is 0.355 e. The van der Waals surface area contributed by atoms with Crippen LogP contribution in [-0.4, -0.2) is 36.1 Å². The molecule has 128 valence electrons. The van der Waals surface area contributed by atoms with Crippen molar-refractivity contribution in [1.29, 1.82) is 0 Å². The normalized spacial score (nSPS) is 17.3. The fourth-order valence-electron chi connectivity index (χ4n) is 2.95. The topological polar surface area (TPSA) is 53.1 Å². The zero-order chi connectivity index (χ0) is 16.9. The maximum absolute atomic E-state index is 13.1. The highest BCUT2D eigenvalue weighted by Crippen LogP contribution is 2.22. The van der Waals surface area contributed by atoms with Gasteiger partial charge in [0.2, 0.25) is 5.95 Å². The molecule has 2 N–H and O–H groups in total. The van der Waals surface area contributed by atoms with Crippen molar-refractivity contribution in [3.63, 3.8) is 0 Å². The van der Waals surface area contributed by atoms with Crippen molar-refractivity contribution in [1.82, 2.24) is 15.3 Å². The van der Waals surface area contributed by atoms with E-state index in [0.29, 0.717) is 12.0 Å². The summed E-state index contributed by atoms with van der Waals surface area (Å²) in [6.45, 7) is 4.08. The van der Waals surface area contributed by atoms with Gasteiger partial charge in [-0.3, -0.25) is 0 Å². The van der Waals surface area contributed by atoms with Crippen LogP contribution < -0.4 is 15.5 Å². The van der Waals surface area contributed by atoms with Gasteiger partial charge in [0.1, 0.15) is 11.6 Å². The van der Waals surface area contributed by atoms with Gasteiger partial charge in [0.15, 0.2) is 0 Å². The van der Waals surface area contributed by atoms with Crippen molar-refractivity contribution in [2.24, 2.45) is 0 Å². The molecule has 6 heteroatoms. The first-order chi connectivity index (χ1) is 11.7. The molecule has 0 bridgehead atoms. The fourth-order valence-corrected chi connectivity index (χ4v) is 2.95. The Kier molecular flexibility index (Phi) is 5.25. The molecule has 1 aromatic carbocycles. The SMILES string of the molecule is CCCc1cc(N2CCC(NC)C2)nc(Nc2ccc(F)cc2)n1. The van der Waals surface area contributed by atoms with Gasteiger partial charge >= 0.3 is 0 Å². The number of hydrogen-bond donors (Lipinski definition) is 2. The second-order valence-electron chi connectivity index (χ2n) is 6.14. The van der Waals surface area contributed by atoms with Crippen LogP contribution in [0.5, 0.6) is 0 Å². The Bertz CT molecular complexity index is 674. The standard InChI is InChI=1S/C18H24FN5/c1-3-4-15-11-17(24-10-9-16(12-24)20-2)23-18(22-15)21-14-7-5-13(19)6-8-14/h5-8,11,16,20H,3-4,9-10,12H2,1-2H3,(H,21,22,23). The van der Waals surface area contributed by atoms with Gasteiger partial charge in [0.05, 0.1) is 0 Å². The molecule has 1 atom stereocenters. The van der Waals surface area contributed by atoms with Crippen molar-refractivity contribution in [2.45, 2.75) is 32.2 Å². The molecule has 24 heavy (non-hydrogen) atoms. The number of rotatable bonds is 6. The highest BCUT2D eigenvalue weighted by atomic mass is 19.1. The summed E-state index contributed by atoms with van der Waals surface area (Å²) in [6, 6.07) is 8.82. The van der Waals surface area contributed by atoms with E-state index in [9.17, 15) is 4.39 Å². The lowest BCUT2D eigenvalue weighted by atomic mass is 10.2. The Morgan fingerprint density at radius 1 is 1.25 bits per heavy atom. The van der Waals surface area contributed by atoms with Crippen LogP contribution in [0.2, 0.25) is 0 Å². The predicted octanol–water partition coefficient (Wildman–Crippen LogP) is 3.11. The zero-order valence-corrected chi connectivity index (χ0v) is 14.2. The van der Waals surface area contributed by atoms with Gasteiger partial charge in [0.25, 0.3) is 0 Å². The van der Waals surface area contributed by atoms with Crippen LogP contribution in [0.15, 0.2) is 30.3 Å². The second kappa shape index (κ2) is 7.57. The molecule has 0 saturated carbocycles. The molecule has 1 unspecified atom stereocenters. The molecule has 0 spiro atoms. The van der Waals surface area contributed by atoms with Crippen LogP contribution in [0.25, 0.3) is 0 Å². The first-order valence-corrected chi connectivity index (χ1v) is 8.50. The van der Waals surface area contributed by atoms with Gasteiger partial charge in [0, 0.05) is 36.6 Å². The third-order valence-electron chi connectivity index (χ3n) is 4.29. The molecular weight excluding hydrogens is 305 g/mol. The van der Waals surface area contributed by atoms with Crippen molar-refractivity contribution in [2.75, 3.05) is 30.4 Å². The predicted molar refractivity (Wildman–Crippen MR) is 95.4 cm³/mol. The van der Waals surface area contributed by atoms with Crippen LogP contribution in [0.4, 0.5) is 21.8 Å². The Balaban J connectivity index is 1.84. The molecule has 1 fully saturated rings. The molecule has 1 aromatic heterocycles. The molecule has 0 aliphatic carbocycles. The Labute approximate surface area is 142 Å². The first-order valence-electron chi connectivity index (χ1n) is 8.50. The number of nitrogens with one attached hydrogen (secondary N) is 2. The third kappa shape index (κ3) is 4.00. The smallest absolute Gasteiger partial charge is 0.229 e. The number of halogens is 1. The number of benzene rings is 1. The highest BCUT2D eigenvalue weighted by molar-refractivity contribution is 5.56. The molecule has 1 aliphatic heterocycles. The van der Waals surface area contributed by atoms with Crippen molar-refractivity contribution >= 4 is 17.5 Å². The third-order valence-corrected chi connectivity index (χ3v) is 4.29. The molecular formula is C18H24FN5. The molecule has 5 nitrogen and oxygen atoms in total. The highest BCUT2D eigenvalue weighted by Gasteiger charge is 2.23. The van der Waals surface area contributed by atoms with Crippen LogP contribution in [-0.2, 0) is 6.42 Å². The summed E-state index contributed by atoms with van der Waals surface area (Å²) in [5, 5.41) is 6.51. The Hall–Kier alpha value is -2.21. The van der Waals surface area contributed by atoms with Crippen molar-refractivity contribution < 1.29 is 4.39 Å². The summed E-state index contributed by atoms with van der Waals surface area (Å²) < 4.78 is 13.1. The molecule has 3 rings (SSSR count). The van der Waals surface area contributed by atoms with E-state index in [2.05, 4.69) is 38.5 Å². The van der Waals surface area contributed by atoms with Crippen LogP contribution in [0.1, 0.15) is 25.5 Å². The van der Waals surface area contributed by atoms with Gasteiger partial charge in [-0.25, -0.2) is 9.37 Å². The van der Waals surface area contributed by atoms with Gasteiger partial charge in [-0.15, -0.1) is 0 Å². The maximum atomic E-state index is 13.1. The van der Waals surface area contributed by atoms with Crippen LogP contribution >= 0.6 is 0 Å². The van der Waals surface area contributed by atoms with E-state index >= 15 is 0 Å². The summed E-state index contributed by atoms with van der Waals surface area (Å²) in [5.41, 5.74) is 1.81. The van der Waals surface area contributed by atoms with Gasteiger partial charge < -0.3 is 15.5 Å². The van der Waals surface area contributed by atoms with E-state index in [4.69, 9.17) is 0 Å². The zero-order valence-electron chi connectivity index (χ0n) is 14.2. The second-order valence-corrected chi connectivity index (χ2v) is 6.14. The molecule has 1 aliphatic rings. The summed E-state index contributed by atoms with van der Waals surface area (Å²) in [5.74, 6) is 1.27. The molecule has 0 amide bonds. The first kappa shape index (κ1) is 16.6. The van der Waals surface area contributed by atoms with Gasteiger partial charge in [-0.05, 0) is 44.2 Å². The number of aryl methyl sites for hydroxylation is 1. The maximum Gasteiger partial charge on any atom is 0.229 e. The fraction of sp³-hybridized carbons (Fsp3) is 0.444. The quantitative estimate of drug-likeness (QED) is 0.853. The van der Waals surface area contributed by atoms with Crippen molar-refractivity contribution in [3.05, 3.63) is 41.8 Å². The average molecular weight is 329 g/mol. The van der Waals surface area contributed by atoms with Gasteiger partial charge in [-0.1, -0.05) is 13.3 Å². The number of aromatic nitrogens is 2. The summed E-state index contributed by atoms with van der Waals surface area (Å²) >= 11 is 0. The number of likely N-dealkylation sites (N-methyl/N-ethyl adjacent to an activating group) is 1. The van der Waals surface area contributed by atoms with Crippen LogP contribution in [0.3, 0.4) is 0 Å². The molecule has 2 heterocycles. The number of hydrogen-bond acceptors (Lipinski definition) is 5. The lowest BCUT2D eigenvalue weighted by Gasteiger charge is -2.19. The molecule has 0 radical (unpaired) electrons. The van der Waals surface area contributed by atoms with Gasteiger partial charge in [-0.2, -0.15) is 4.98 Å². The van der Waals surface area contributed by atoms with E-state index in [1.807, 2.05) is 7.05 Å². The minimum absolute atomic E-state index is 0.253. The lowest BCUT2D eigenvalue weighted by molar-refractivity contribution is 0.616. The monoisotopic (exact) mass is 329 g/mol. The minimum atomic E-state index is -0.253. The van der Waals surface area contributed by atoms with E-state index < -0.39 is 0 Å². The summed E-state index contributed by atoms with van der Waals surface area (Å²) in [4.78, 5) is 11.5. The Morgan fingerprint density at radius 2 is 2.04 bits per heavy atom. The lowest BCUT2D eigenvalue weighted by Crippen LogP contribution is -2.30. The number of nitrogens with zero attached hydrogens (tertiary/aromatic N) is 3. The molecule has 1 saturated heterocycles. The van der Waals surface area contributed by atoms with E-state index in [1.165, 1.54) is 12.1 Å². The summed E-state index contributed by atoms with van der Waals surface area (Å²) in [7, 11) is 2.00. The van der Waals surface area contributed by atoms with Crippen molar-refractivity contribution in [3.8, 4) is 0 Å². The minimum Gasteiger partial charge on any atom is -0.355 e. The van der Waals surface area contributed by atoms with E-state index in [1.54, 1.807) is 12.1 Å². The average Bonchev–Trinajstić information content (AvgIpc) is 3.06. The summed E-state index contributed by atoms with van der Waals surface area (Å²) in [6.07, 6.45) is 3.06. The van der Waals surface area contributed by atoms with Crippen LogP contribution in [0, 0.1) is 5.82 Å². The Morgan fingerprint density at radius 3 is 2.71 bits per heavy atom. The van der Waals surface area contributed by atoms with E-state index in [-0.39, 0.29) is 5.82 Å². The number of anilines is 3. The van der Waals surface area contributed by atoms with E-state index in [0.717, 1.165) is 49.6 Å².